The van der Waals surface area contributed by atoms with E-state index >= 15 is 0 Å². The van der Waals surface area contributed by atoms with Gasteiger partial charge in [-0.25, -0.2) is 4.98 Å². The fraction of sp³-hybridized carbons (Fsp3) is 0.529. The lowest BCUT2D eigenvalue weighted by atomic mass is 9.81. The summed E-state index contributed by atoms with van der Waals surface area (Å²) in [6, 6.07) is 3.71. The van der Waals surface area contributed by atoms with Crippen molar-refractivity contribution in [3.8, 4) is 11.4 Å². The maximum absolute atomic E-state index is 12.6. The molecule has 0 aromatic carbocycles. The number of rotatable bonds is 5. The van der Waals surface area contributed by atoms with Crippen molar-refractivity contribution in [1.29, 1.82) is 0 Å². The third-order valence-corrected chi connectivity index (χ3v) is 4.66. The predicted molar refractivity (Wildman–Crippen MR) is 90.9 cm³/mol. The standard InChI is InChI=1S/C17H24N6O/c1-3-23-10-4-7-17(2,12-23)16(24)19-11-14-20-15(22-21-14)13-5-8-18-9-6-13/h5-6,8-9H,3-4,7,10-12H2,1-2H3,(H,19,24)(H,20,21,22). The maximum Gasteiger partial charge on any atom is 0.227 e. The van der Waals surface area contributed by atoms with Crippen molar-refractivity contribution in [2.24, 2.45) is 5.41 Å². The zero-order valence-electron chi connectivity index (χ0n) is 14.2. The van der Waals surface area contributed by atoms with Crippen LogP contribution in [-0.4, -0.2) is 50.6 Å². The van der Waals surface area contributed by atoms with E-state index in [1.54, 1.807) is 12.4 Å². The highest BCUT2D eigenvalue weighted by Crippen LogP contribution is 2.29. The Morgan fingerprint density at radius 1 is 1.42 bits per heavy atom. The SMILES string of the molecule is CCN1CCCC(C)(C(=O)NCc2nc(-c3ccncc3)n[nH]2)C1. The molecular weight excluding hydrogens is 304 g/mol. The Balaban J connectivity index is 1.59. The first-order valence-corrected chi connectivity index (χ1v) is 8.43. The number of H-pyrrole nitrogens is 1. The molecule has 3 rings (SSSR count). The first-order valence-electron chi connectivity index (χ1n) is 8.43. The molecule has 1 fully saturated rings. The van der Waals surface area contributed by atoms with E-state index < -0.39 is 0 Å². The van der Waals surface area contributed by atoms with Crippen LogP contribution in [-0.2, 0) is 11.3 Å². The van der Waals surface area contributed by atoms with Gasteiger partial charge in [-0.05, 0) is 45.0 Å². The second-order valence-corrected chi connectivity index (χ2v) is 6.56. The Labute approximate surface area is 141 Å². The van der Waals surface area contributed by atoms with Crippen LogP contribution in [0.1, 0.15) is 32.5 Å². The molecule has 0 aliphatic carbocycles. The molecule has 0 spiro atoms. The fourth-order valence-corrected chi connectivity index (χ4v) is 3.18. The number of aromatic nitrogens is 4. The van der Waals surface area contributed by atoms with E-state index in [-0.39, 0.29) is 11.3 Å². The lowest BCUT2D eigenvalue weighted by Crippen LogP contribution is -2.50. The van der Waals surface area contributed by atoms with Crippen LogP contribution in [0.15, 0.2) is 24.5 Å². The van der Waals surface area contributed by atoms with Crippen LogP contribution < -0.4 is 5.32 Å². The summed E-state index contributed by atoms with van der Waals surface area (Å²) in [5.74, 6) is 1.35. The minimum absolute atomic E-state index is 0.0857. The number of piperidine rings is 1. The quantitative estimate of drug-likeness (QED) is 0.871. The first-order chi connectivity index (χ1) is 11.6. The van der Waals surface area contributed by atoms with E-state index in [4.69, 9.17) is 0 Å². The normalized spacial score (nSPS) is 21.6. The van der Waals surface area contributed by atoms with Crippen molar-refractivity contribution in [2.75, 3.05) is 19.6 Å². The third kappa shape index (κ3) is 3.62. The summed E-state index contributed by atoms with van der Waals surface area (Å²) in [5, 5.41) is 10.1. The van der Waals surface area contributed by atoms with Gasteiger partial charge in [-0.15, -0.1) is 0 Å². The summed E-state index contributed by atoms with van der Waals surface area (Å²) in [4.78, 5) is 23.4. The van der Waals surface area contributed by atoms with Crippen LogP contribution in [0.25, 0.3) is 11.4 Å². The Morgan fingerprint density at radius 2 is 2.21 bits per heavy atom. The number of hydrogen-bond donors (Lipinski definition) is 2. The van der Waals surface area contributed by atoms with Gasteiger partial charge in [0.15, 0.2) is 5.82 Å². The van der Waals surface area contributed by atoms with Crippen LogP contribution in [0, 0.1) is 5.41 Å². The average molecular weight is 328 g/mol. The molecule has 24 heavy (non-hydrogen) atoms. The van der Waals surface area contributed by atoms with Crippen LogP contribution in [0.2, 0.25) is 0 Å². The summed E-state index contributed by atoms with van der Waals surface area (Å²) < 4.78 is 0. The van der Waals surface area contributed by atoms with Gasteiger partial charge in [0, 0.05) is 24.5 Å². The number of likely N-dealkylation sites (tertiary alicyclic amines) is 1. The van der Waals surface area contributed by atoms with Gasteiger partial charge in [0.05, 0.1) is 12.0 Å². The van der Waals surface area contributed by atoms with E-state index in [0.717, 1.165) is 38.0 Å². The summed E-state index contributed by atoms with van der Waals surface area (Å²) in [6.45, 7) is 7.43. The van der Waals surface area contributed by atoms with Gasteiger partial charge in [0.25, 0.3) is 0 Å². The third-order valence-electron chi connectivity index (χ3n) is 4.66. The van der Waals surface area contributed by atoms with Crippen LogP contribution in [0.5, 0.6) is 0 Å². The summed E-state index contributed by atoms with van der Waals surface area (Å²) in [7, 11) is 0. The van der Waals surface area contributed by atoms with Crippen molar-refractivity contribution in [1.82, 2.24) is 30.4 Å². The minimum Gasteiger partial charge on any atom is -0.348 e. The molecule has 1 saturated heterocycles. The maximum atomic E-state index is 12.6. The molecule has 7 heteroatoms. The van der Waals surface area contributed by atoms with E-state index in [2.05, 4.69) is 37.3 Å². The molecule has 128 valence electrons. The predicted octanol–water partition coefficient (Wildman–Crippen LogP) is 1.60. The van der Waals surface area contributed by atoms with Crippen LogP contribution in [0.3, 0.4) is 0 Å². The van der Waals surface area contributed by atoms with Gasteiger partial charge >= 0.3 is 0 Å². The molecule has 7 nitrogen and oxygen atoms in total. The Bertz CT molecular complexity index is 685. The van der Waals surface area contributed by atoms with Crippen LogP contribution >= 0.6 is 0 Å². The molecule has 1 amide bonds. The Kier molecular flexibility index (Phi) is 4.89. The van der Waals surface area contributed by atoms with Crippen molar-refractivity contribution >= 4 is 5.91 Å². The largest absolute Gasteiger partial charge is 0.348 e. The Morgan fingerprint density at radius 3 is 2.96 bits per heavy atom. The topological polar surface area (TPSA) is 86.8 Å². The highest BCUT2D eigenvalue weighted by Gasteiger charge is 2.37. The van der Waals surface area contributed by atoms with E-state index in [0.29, 0.717) is 18.2 Å². The highest BCUT2D eigenvalue weighted by atomic mass is 16.2. The molecule has 1 aliphatic rings. The smallest absolute Gasteiger partial charge is 0.227 e. The van der Waals surface area contributed by atoms with Crippen molar-refractivity contribution in [3.05, 3.63) is 30.4 Å². The van der Waals surface area contributed by atoms with Crippen molar-refractivity contribution in [3.63, 3.8) is 0 Å². The number of pyridine rings is 1. The summed E-state index contributed by atoms with van der Waals surface area (Å²) in [6.07, 6.45) is 5.40. The fourth-order valence-electron chi connectivity index (χ4n) is 3.18. The van der Waals surface area contributed by atoms with Gasteiger partial charge in [-0.3, -0.25) is 14.9 Å². The minimum atomic E-state index is -0.331. The number of hydrogen-bond acceptors (Lipinski definition) is 5. The van der Waals surface area contributed by atoms with E-state index in [1.165, 1.54) is 0 Å². The number of aromatic amines is 1. The molecule has 0 saturated carbocycles. The van der Waals surface area contributed by atoms with E-state index in [1.807, 2.05) is 19.1 Å². The number of nitrogens with zero attached hydrogens (tertiary/aromatic N) is 4. The molecule has 0 bridgehead atoms. The van der Waals surface area contributed by atoms with Crippen molar-refractivity contribution in [2.45, 2.75) is 33.2 Å². The van der Waals surface area contributed by atoms with Gasteiger partial charge in [0.1, 0.15) is 5.82 Å². The van der Waals surface area contributed by atoms with Gasteiger partial charge in [-0.1, -0.05) is 6.92 Å². The molecule has 0 radical (unpaired) electrons. The average Bonchev–Trinajstić information content (AvgIpc) is 3.09. The second-order valence-electron chi connectivity index (χ2n) is 6.56. The molecule has 2 N–H and O–H groups in total. The van der Waals surface area contributed by atoms with Crippen LogP contribution in [0.4, 0.5) is 0 Å². The zero-order valence-corrected chi connectivity index (χ0v) is 14.2. The number of amides is 1. The second kappa shape index (κ2) is 7.09. The number of carbonyl (C=O) groups excluding carboxylic acids is 1. The molecule has 1 atom stereocenters. The van der Waals surface area contributed by atoms with Crippen molar-refractivity contribution < 1.29 is 4.79 Å². The number of nitrogens with one attached hydrogen (secondary N) is 2. The lowest BCUT2D eigenvalue weighted by molar-refractivity contribution is -0.133. The van der Waals surface area contributed by atoms with Gasteiger partial charge in [-0.2, -0.15) is 5.10 Å². The summed E-state index contributed by atoms with van der Waals surface area (Å²) >= 11 is 0. The Hall–Kier alpha value is -2.28. The van der Waals surface area contributed by atoms with E-state index in [9.17, 15) is 4.79 Å². The molecule has 2 aromatic rings. The molecule has 3 heterocycles. The molecule has 1 unspecified atom stereocenters. The summed E-state index contributed by atoms with van der Waals surface area (Å²) in [5.41, 5.74) is 0.569. The van der Waals surface area contributed by atoms with Gasteiger partial charge < -0.3 is 10.2 Å². The molecule has 1 aliphatic heterocycles. The first kappa shape index (κ1) is 16.6. The zero-order chi connectivity index (χ0) is 17.0. The lowest BCUT2D eigenvalue weighted by Gasteiger charge is -2.38. The number of carbonyl (C=O) groups is 1. The molecule has 2 aromatic heterocycles. The van der Waals surface area contributed by atoms with Gasteiger partial charge in [0.2, 0.25) is 5.91 Å². The highest BCUT2D eigenvalue weighted by molar-refractivity contribution is 5.82. The monoisotopic (exact) mass is 328 g/mol. The molecular formula is C17H24N6O.